The molecule has 0 aliphatic carbocycles. The molecule has 14 heavy (non-hydrogen) atoms. The van der Waals surface area contributed by atoms with Gasteiger partial charge in [-0.1, -0.05) is 0 Å². The Morgan fingerprint density at radius 2 is 2.29 bits per heavy atom. The minimum Gasteiger partial charge on any atom is -0.486 e. The van der Waals surface area contributed by atoms with Crippen molar-refractivity contribution < 1.29 is 4.74 Å². The highest BCUT2D eigenvalue weighted by atomic mass is 16.5. The average molecular weight is 193 g/mol. The lowest BCUT2D eigenvalue weighted by molar-refractivity contribution is 0.298. The van der Waals surface area contributed by atoms with Crippen LogP contribution >= 0.6 is 0 Å². The SMILES string of the molecule is Cc1ncc2c(n1)N(C(C)C)CCO2. The summed E-state index contributed by atoms with van der Waals surface area (Å²) in [6, 6.07) is 0.451. The summed E-state index contributed by atoms with van der Waals surface area (Å²) in [6.45, 7) is 7.84. The third kappa shape index (κ3) is 1.52. The van der Waals surface area contributed by atoms with Crippen molar-refractivity contribution in [2.24, 2.45) is 0 Å². The van der Waals surface area contributed by atoms with E-state index in [2.05, 4.69) is 28.7 Å². The first-order chi connectivity index (χ1) is 6.68. The maximum absolute atomic E-state index is 5.49. The van der Waals surface area contributed by atoms with E-state index in [1.807, 2.05) is 6.92 Å². The second kappa shape index (κ2) is 3.44. The molecule has 2 rings (SSSR count). The van der Waals surface area contributed by atoms with Gasteiger partial charge < -0.3 is 9.64 Å². The van der Waals surface area contributed by atoms with Crippen LogP contribution in [0.1, 0.15) is 19.7 Å². The van der Waals surface area contributed by atoms with E-state index >= 15 is 0 Å². The molecule has 0 N–H and O–H groups in total. The van der Waals surface area contributed by atoms with Gasteiger partial charge >= 0.3 is 0 Å². The van der Waals surface area contributed by atoms with Gasteiger partial charge in [0.15, 0.2) is 11.6 Å². The van der Waals surface area contributed by atoms with E-state index < -0.39 is 0 Å². The summed E-state index contributed by atoms with van der Waals surface area (Å²) in [5, 5.41) is 0. The quantitative estimate of drug-likeness (QED) is 0.675. The Morgan fingerprint density at radius 3 is 3.00 bits per heavy atom. The van der Waals surface area contributed by atoms with Crippen molar-refractivity contribution in [3.05, 3.63) is 12.0 Å². The monoisotopic (exact) mass is 193 g/mol. The molecule has 4 heteroatoms. The van der Waals surface area contributed by atoms with Crippen molar-refractivity contribution in [1.82, 2.24) is 9.97 Å². The molecule has 0 aromatic carbocycles. The van der Waals surface area contributed by atoms with Crippen molar-refractivity contribution in [1.29, 1.82) is 0 Å². The van der Waals surface area contributed by atoms with Gasteiger partial charge in [0.1, 0.15) is 12.4 Å². The molecule has 1 aromatic rings. The van der Waals surface area contributed by atoms with Crippen LogP contribution < -0.4 is 9.64 Å². The number of nitrogens with zero attached hydrogens (tertiary/aromatic N) is 3. The first-order valence-electron chi connectivity index (χ1n) is 4.91. The van der Waals surface area contributed by atoms with Crippen LogP contribution in [0.15, 0.2) is 6.20 Å². The van der Waals surface area contributed by atoms with Gasteiger partial charge in [-0.2, -0.15) is 0 Å². The standard InChI is InChI=1S/C10H15N3O/c1-7(2)13-4-5-14-9-6-11-8(3)12-10(9)13/h6-7H,4-5H2,1-3H3. The molecule has 76 valence electrons. The fourth-order valence-corrected chi connectivity index (χ4v) is 1.62. The van der Waals surface area contributed by atoms with Crippen LogP contribution in [0.4, 0.5) is 5.82 Å². The summed E-state index contributed by atoms with van der Waals surface area (Å²) in [5.41, 5.74) is 0. The smallest absolute Gasteiger partial charge is 0.180 e. The number of rotatable bonds is 1. The number of anilines is 1. The Morgan fingerprint density at radius 1 is 1.50 bits per heavy atom. The summed E-state index contributed by atoms with van der Waals surface area (Å²) >= 11 is 0. The average Bonchev–Trinajstić information content (AvgIpc) is 2.16. The number of aromatic nitrogens is 2. The van der Waals surface area contributed by atoms with Crippen molar-refractivity contribution in [3.8, 4) is 5.75 Å². The van der Waals surface area contributed by atoms with Crippen LogP contribution in [0.2, 0.25) is 0 Å². The van der Waals surface area contributed by atoms with Gasteiger partial charge in [-0.05, 0) is 20.8 Å². The van der Waals surface area contributed by atoms with E-state index in [9.17, 15) is 0 Å². The lowest BCUT2D eigenvalue weighted by Gasteiger charge is -2.32. The Bertz CT molecular complexity index is 338. The van der Waals surface area contributed by atoms with E-state index in [4.69, 9.17) is 4.74 Å². The van der Waals surface area contributed by atoms with Gasteiger partial charge in [0, 0.05) is 6.04 Å². The molecule has 0 amide bonds. The topological polar surface area (TPSA) is 38.2 Å². The minimum atomic E-state index is 0.451. The number of hydrogen-bond acceptors (Lipinski definition) is 4. The van der Waals surface area contributed by atoms with Gasteiger partial charge in [0.2, 0.25) is 0 Å². The highest BCUT2D eigenvalue weighted by Crippen LogP contribution is 2.29. The van der Waals surface area contributed by atoms with Crippen molar-refractivity contribution in [2.45, 2.75) is 26.8 Å². The Balaban J connectivity index is 2.41. The summed E-state index contributed by atoms with van der Waals surface area (Å²) in [5.74, 6) is 2.52. The fraction of sp³-hybridized carbons (Fsp3) is 0.600. The summed E-state index contributed by atoms with van der Waals surface area (Å²) in [6.07, 6.45) is 1.76. The predicted octanol–water partition coefficient (Wildman–Crippen LogP) is 1.39. The molecule has 0 unspecified atom stereocenters. The summed E-state index contributed by atoms with van der Waals surface area (Å²) in [4.78, 5) is 10.8. The Kier molecular flexibility index (Phi) is 2.27. The van der Waals surface area contributed by atoms with E-state index in [0.717, 1.165) is 30.5 Å². The van der Waals surface area contributed by atoms with Crippen LogP contribution in [0.5, 0.6) is 5.75 Å². The van der Waals surface area contributed by atoms with Crippen LogP contribution in [0.25, 0.3) is 0 Å². The largest absolute Gasteiger partial charge is 0.486 e. The maximum Gasteiger partial charge on any atom is 0.180 e. The summed E-state index contributed by atoms with van der Waals surface area (Å²) < 4.78 is 5.49. The van der Waals surface area contributed by atoms with Crippen LogP contribution in [-0.2, 0) is 0 Å². The van der Waals surface area contributed by atoms with Gasteiger partial charge in [-0.25, -0.2) is 9.97 Å². The first-order valence-corrected chi connectivity index (χ1v) is 4.91. The molecule has 1 aromatic heterocycles. The maximum atomic E-state index is 5.49. The molecule has 1 aliphatic rings. The van der Waals surface area contributed by atoms with Gasteiger partial charge in [0.05, 0.1) is 12.7 Å². The third-order valence-corrected chi connectivity index (χ3v) is 2.34. The molecule has 0 bridgehead atoms. The van der Waals surface area contributed by atoms with Gasteiger partial charge in [-0.15, -0.1) is 0 Å². The molecule has 0 radical (unpaired) electrons. The zero-order valence-electron chi connectivity index (χ0n) is 8.82. The Labute approximate surface area is 83.9 Å². The number of aryl methyl sites for hydroxylation is 1. The molecule has 4 nitrogen and oxygen atoms in total. The highest BCUT2D eigenvalue weighted by Gasteiger charge is 2.21. The van der Waals surface area contributed by atoms with Crippen LogP contribution in [0, 0.1) is 6.92 Å². The summed E-state index contributed by atoms with van der Waals surface area (Å²) in [7, 11) is 0. The van der Waals surface area contributed by atoms with Crippen molar-refractivity contribution in [3.63, 3.8) is 0 Å². The van der Waals surface area contributed by atoms with E-state index in [1.165, 1.54) is 0 Å². The lowest BCUT2D eigenvalue weighted by atomic mass is 10.3. The highest BCUT2D eigenvalue weighted by molar-refractivity contribution is 5.53. The van der Waals surface area contributed by atoms with Crippen molar-refractivity contribution >= 4 is 5.82 Å². The second-order valence-electron chi connectivity index (χ2n) is 3.74. The van der Waals surface area contributed by atoms with E-state index in [-0.39, 0.29) is 0 Å². The van der Waals surface area contributed by atoms with Crippen LogP contribution in [0.3, 0.4) is 0 Å². The second-order valence-corrected chi connectivity index (χ2v) is 3.74. The molecular weight excluding hydrogens is 178 g/mol. The van der Waals surface area contributed by atoms with Crippen LogP contribution in [-0.4, -0.2) is 29.2 Å². The predicted molar refractivity (Wildman–Crippen MR) is 54.7 cm³/mol. The lowest BCUT2D eigenvalue weighted by Crippen LogP contribution is -2.38. The first kappa shape index (κ1) is 9.24. The molecule has 1 aliphatic heterocycles. The van der Waals surface area contributed by atoms with Crippen molar-refractivity contribution in [2.75, 3.05) is 18.1 Å². The fourth-order valence-electron chi connectivity index (χ4n) is 1.62. The zero-order valence-corrected chi connectivity index (χ0v) is 8.82. The molecule has 0 spiro atoms. The van der Waals surface area contributed by atoms with E-state index in [0.29, 0.717) is 6.04 Å². The minimum absolute atomic E-state index is 0.451. The Hall–Kier alpha value is -1.32. The number of hydrogen-bond donors (Lipinski definition) is 0. The zero-order chi connectivity index (χ0) is 10.1. The van der Waals surface area contributed by atoms with Gasteiger partial charge in [-0.3, -0.25) is 0 Å². The normalized spacial score (nSPS) is 15.3. The molecular formula is C10H15N3O. The third-order valence-electron chi connectivity index (χ3n) is 2.34. The van der Waals surface area contributed by atoms with Gasteiger partial charge in [0.25, 0.3) is 0 Å². The molecule has 0 saturated heterocycles. The molecule has 2 heterocycles. The number of fused-ring (bicyclic) bond motifs is 1. The van der Waals surface area contributed by atoms with E-state index in [1.54, 1.807) is 6.20 Å². The number of ether oxygens (including phenoxy) is 1. The molecule has 0 saturated carbocycles. The molecule has 0 atom stereocenters. The molecule has 0 fully saturated rings.